The summed E-state index contributed by atoms with van der Waals surface area (Å²) in [6.45, 7) is 1.82. The number of carboxylic acid groups (broad SMARTS) is 1. The van der Waals surface area contributed by atoms with Crippen LogP contribution in [0.25, 0.3) is 0 Å². The Bertz CT molecular complexity index is 440. The van der Waals surface area contributed by atoms with Crippen molar-refractivity contribution in [2.24, 2.45) is 5.41 Å². The maximum Gasteiger partial charge on any atom is 0.319 e. The molecule has 17 heavy (non-hydrogen) atoms. The minimum Gasteiger partial charge on any atom is -0.480 e. The molecule has 1 fully saturated rings. The van der Waals surface area contributed by atoms with Gasteiger partial charge in [-0.2, -0.15) is 0 Å². The van der Waals surface area contributed by atoms with E-state index in [9.17, 15) is 9.59 Å². The molecule has 0 saturated heterocycles. The number of carbonyl (C=O) groups is 2. The number of amides is 1. The van der Waals surface area contributed by atoms with Crippen molar-refractivity contribution in [1.82, 2.24) is 10.3 Å². The number of rotatable bonds is 4. The van der Waals surface area contributed by atoms with E-state index in [-0.39, 0.29) is 6.04 Å². The lowest BCUT2D eigenvalue weighted by molar-refractivity contribution is -0.149. The van der Waals surface area contributed by atoms with E-state index in [0.717, 1.165) is 5.56 Å². The Morgan fingerprint density at radius 3 is 2.47 bits per heavy atom. The number of carbonyl (C=O) groups excluding carboxylic acids is 1. The van der Waals surface area contributed by atoms with E-state index in [0.29, 0.717) is 12.8 Å². The molecular formula is C12H14N2O3. The van der Waals surface area contributed by atoms with Crippen LogP contribution in [0.2, 0.25) is 0 Å². The van der Waals surface area contributed by atoms with Gasteiger partial charge in [-0.1, -0.05) is 0 Å². The van der Waals surface area contributed by atoms with Crippen LogP contribution in [0.3, 0.4) is 0 Å². The van der Waals surface area contributed by atoms with Crippen molar-refractivity contribution < 1.29 is 14.7 Å². The smallest absolute Gasteiger partial charge is 0.319 e. The fourth-order valence-electron chi connectivity index (χ4n) is 1.73. The van der Waals surface area contributed by atoms with Gasteiger partial charge in [-0.15, -0.1) is 0 Å². The molecular weight excluding hydrogens is 220 g/mol. The van der Waals surface area contributed by atoms with Gasteiger partial charge in [0.2, 0.25) is 5.91 Å². The van der Waals surface area contributed by atoms with Crippen molar-refractivity contribution in [3.05, 3.63) is 30.1 Å². The number of aromatic nitrogens is 1. The number of hydrogen-bond donors (Lipinski definition) is 2. The van der Waals surface area contributed by atoms with Gasteiger partial charge in [-0.3, -0.25) is 14.6 Å². The zero-order chi connectivity index (χ0) is 12.5. The lowest BCUT2D eigenvalue weighted by Crippen LogP contribution is -2.38. The Balaban J connectivity index is 2.03. The van der Waals surface area contributed by atoms with Crippen LogP contribution in [0.5, 0.6) is 0 Å². The standard InChI is InChI=1S/C12H14N2O3/c1-8(9-2-6-13-7-3-9)14-10(15)12(4-5-12)11(16)17/h2-3,6-8H,4-5H2,1H3,(H,14,15)(H,16,17). The van der Waals surface area contributed by atoms with Gasteiger partial charge in [-0.05, 0) is 37.5 Å². The first kappa shape index (κ1) is 11.6. The molecule has 0 aromatic carbocycles. The third-order valence-electron chi connectivity index (χ3n) is 3.15. The molecule has 90 valence electrons. The van der Waals surface area contributed by atoms with Crippen molar-refractivity contribution in [1.29, 1.82) is 0 Å². The molecule has 1 amide bonds. The second-order valence-corrected chi connectivity index (χ2v) is 4.36. The lowest BCUT2D eigenvalue weighted by Gasteiger charge is -2.17. The Labute approximate surface area is 98.9 Å². The van der Waals surface area contributed by atoms with Crippen molar-refractivity contribution >= 4 is 11.9 Å². The minimum absolute atomic E-state index is 0.206. The van der Waals surface area contributed by atoms with Crippen LogP contribution < -0.4 is 5.32 Å². The number of aliphatic carboxylic acids is 1. The van der Waals surface area contributed by atoms with Crippen LogP contribution in [-0.2, 0) is 9.59 Å². The van der Waals surface area contributed by atoms with E-state index in [1.807, 2.05) is 6.92 Å². The van der Waals surface area contributed by atoms with Gasteiger partial charge < -0.3 is 10.4 Å². The first-order valence-electron chi connectivity index (χ1n) is 5.50. The zero-order valence-electron chi connectivity index (χ0n) is 9.51. The molecule has 1 saturated carbocycles. The molecule has 1 heterocycles. The van der Waals surface area contributed by atoms with Crippen LogP contribution in [-0.4, -0.2) is 22.0 Å². The minimum atomic E-state index is -1.18. The van der Waals surface area contributed by atoms with Gasteiger partial charge in [0.25, 0.3) is 0 Å². The van der Waals surface area contributed by atoms with Gasteiger partial charge in [-0.25, -0.2) is 0 Å². The highest BCUT2D eigenvalue weighted by Gasteiger charge is 2.57. The SMILES string of the molecule is CC(NC(=O)C1(C(=O)O)CC1)c1ccncc1. The van der Waals surface area contributed by atoms with Crippen LogP contribution in [0.15, 0.2) is 24.5 Å². The van der Waals surface area contributed by atoms with Crippen molar-refractivity contribution in [2.75, 3.05) is 0 Å². The van der Waals surface area contributed by atoms with E-state index in [1.54, 1.807) is 24.5 Å². The fraction of sp³-hybridized carbons (Fsp3) is 0.417. The Morgan fingerprint density at radius 2 is 2.00 bits per heavy atom. The van der Waals surface area contributed by atoms with Crippen LogP contribution in [0.4, 0.5) is 0 Å². The first-order valence-corrected chi connectivity index (χ1v) is 5.50. The quantitative estimate of drug-likeness (QED) is 0.765. The summed E-state index contributed by atoms with van der Waals surface area (Å²) in [5.74, 6) is -1.42. The molecule has 5 nitrogen and oxygen atoms in total. The normalized spacial score (nSPS) is 18.2. The molecule has 1 aliphatic carbocycles. The molecule has 1 aromatic rings. The summed E-state index contributed by atoms with van der Waals surface area (Å²) >= 11 is 0. The second-order valence-electron chi connectivity index (χ2n) is 4.36. The van der Waals surface area contributed by atoms with E-state index in [4.69, 9.17) is 5.11 Å². The predicted octanol–water partition coefficient (Wildman–Crippen LogP) is 1.12. The van der Waals surface area contributed by atoms with Crippen LogP contribution >= 0.6 is 0 Å². The largest absolute Gasteiger partial charge is 0.480 e. The van der Waals surface area contributed by atoms with Crippen molar-refractivity contribution in [3.8, 4) is 0 Å². The highest BCUT2D eigenvalue weighted by molar-refractivity contribution is 6.04. The van der Waals surface area contributed by atoms with Gasteiger partial charge >= 0.3 is 5.97 Å². The highest BCUT2D eigenvalue weighted by Crippen LogP contribution is 2.46. The van der Waals surface area contributed by atoms with Crippen LogP contribution in [0.1, 0.15) is 31.4 Å². The monoisotopic (exact) mass is 234 g/mol. The van der Waals surface area contributed by atoms with E-state index < -0.39 is 17.3 Å². The number of nitrogens with zero attached hydrogens (tertiary/aromatic N) is 1. The molecule has 1 atom stereocenters. The van der Waals surface area contributed by atoms with E-state index in [1.165, 1.54) is 0 Å². The first-order chi connectivity index (χ1) is 8.06. The van der Waals surface area contributed by atoms with Gasteiger partial charge in [0, 0.05) is 12.4 Å². The Kier molecular flexibility index (Phi) is 2.83. The number of pyridine rings is 1. The average molecular weight is 234 g/mol. The topological polar surface area (TPSA) is 79.3 Å². The number of nitrogens with one attached hydrogen (secondary N) is 1. The number of carboxylic acids is 1. The molecule has 0 radical (unpaired) electrons. The predicted molar refractivity (Wildman–Crippen MR) is 60.1 cm³/mol. The Hall–Kier alpha value is -1.91. The van der Waals surface area contributed by atoms with E-state index >= 15 is 0 Å². The molecule has 0 spiro atoms. The highest BCUT2D eigenvalue weighted by atomic mass is 16.4. The number of hydrogen-bond acceptors (Lipinski definition) is 3. The summed E-state index contributed by atoms with van der Waals surface area (Å²) in [6, 6.07) is 3.39. The summed E-state index contributed by atoms with van der Waals surface area (Å²) in [5.41, 5.74) is -0.268. The molecule has 1 unspecified atom stereocenters. The summed E-state index contributed by atoms with van der Waals surface area (Å²) in [4.78, 5) is 26.7. The average Bonchev–Trinajstić information content (AvgIpc) is 3.11. The summed E-state index contributed by atoms with van der Waals surface area (Å²) < 4.78 is 0. The van der Waals surface area contributed by atoms with Gasteiger partial charge in [0.15, 0.2) is 0 Å². The summed E-state index contributed by atoms with van der Waals surface area (Å²) in [7, 11) is 0. The molecule has 0 aliphatic heterocycles. The van der Waals surface area contributed by atoms with Crippen molar-refractivity contribution in [2.45, 2.75) is 25.8 Å². The fourth-order valence-corrected chi connectivity index (χ4v) is 1.73. The molecule has 5 heteroatoms. The summed E-state index contributed by atoms with van der Waals surface area (Å²) in [5, 5.41) is 11.7. The molecule has 1 aromatic heterocycles. The molecule has 0 bridgehead atoms. The third-order valence-corrected chi connectivity index (χ3v) is 3.15. The van der Waals surface area contributed by atoms with Gasteiger partial charge in [0.1, 0.15) is 5.41 Å². The van der Waals surface area contributed by atoms with Crippen LogP contribution in [0, 0.1) is 5.41 Å². The molecule has 2 rings (SSSR count). The van der Waals surface area contributed by atoms with E-state index in [2.05, 4.69) is 10.3 Å². The maximum atomic E-state index is 11.8. The third kappa shape index (κ3) is 2.13. The van der Waals surface area contributed by atoms with Gasteiger partial charge in [0.05, 0.1) is 6.04 Å². The zero-order valence-corrected chi connectivity index (χ0v) is 9.51. The molecule has 1 aliphatic rings. The second kappa shape index (κ2) is 4.16. The lowest BCUT2D eigenvalue weighted by atomic mass is 10.0. The van der Waals surface area contributed by atoms with Crippen molar-refractivity contribution in [3.63, 3.8) is 0 Å². The summed E-state index contributed by atoms with van der Waals surface area (Å²) in [6.07, 6.45) is 4.14. The molecule has 2 N–H and O–H groups in total. The maximum absolute atomic E-state index is 11.8. The Morgan fingerprint density at radius 1 is 1.41 bits per heavy atom.